The number of quaternary nitrogens is 1. The summed E-state index contributed by atoms with van der Waals surface area (Å²) in [6.45, 7) is 4.19. The lowest BCUT2D eigenvalue weighted by atomic mass is 10.0. The van der Waals surface area contributed by atoms with Gasteiger partial charge < -0.3 is 27.9 Å². The molecule has 0 aliphatic heterocycles. The molecular formula is C60H112NO8P. The van der Waals surface area contributed by atoms with Crippen molar-refractivity contribution in [1.82, 2.24) is 0 Å². The van der Waals surface area contributed by atoms with Gasteiger partial charge in [0.05, 0.1) is 27.7 Å². The van der Waals surface area contributed by atoms with Crippen LogP contribution in [0.2, 0.25) is 0 Å². The summed E-state index contributed by atoms with van der Waals surface area (Å²) in [5.41, 5.74) is 0. The summed E-state index contributed by atoms with van der Waals surface area (Å²) >= 11 is 0. The molecule has 0 radical (unpaired) electrons. The van der Waals surface area contributed by atoms with Crippen LogP contribution in [0, 0.1) is 0 Å². The molecule has 0 aliphatic rings. The lowest BCUT2D eigenvalue weighted by molar-refractivity contribution is -0.870. The molecule has 0 saturated carbocycles. The van der Waals surface area contributed by atoms with Crippen molar-refractivity contribution in [1.29, 1.82) is 0 Å². The van der Waals surface area contributed by atoms with Gasteiger partial charge >= 0.3 is 11.9 Å². The van der Waals surface area contributed by atoms with Gasteiger partial charge in [-0.25, -0.2) is 0 Å². The van der Waals surface area contributed by atoms with E-state index in [0.717, 1.165) is 51.4 Å². The van der Waals surface area contributed by atoms with E-state index in [1.807, 2.05) is 21.1 Å². The van der Waals surface area contributed by atoms with Crippen LogP contribution >= 0.6 is 7.82 Å². The fraction of sp³-hybridized carbons (Fsp3) is 0.833. The van der Waals surface area contributed by atoms with Gasteiger partial charge in [-0.15, -0.1) is 0 Å². The third-order valence-corrected chi connectivity index (χ3v) is 13.7. The van der Waals surface area contributed by atoms with E-state index in [0.29, 0.717) is 23.9 Å². The fourth-order valence-corrected chi connectivity index (χ4v) is 8.96. The monoisotopic (exact) mass is 1010 g/mol. The van der Waals surface area contributed by atoms with Gasteiger partial charge in [-0.2, -0.15) is 0 Å². The molecule has 9 nitrogen and oxygen atoms in total. The zero-order valence-electron chi connectivity index (χ0n) is 46.5. The number of phosphoric acid groups is 1. The Morgan fingerprint density at radius 2 is 0.743 bits per heavy atom. The van der Waals surface area contributed by atoms with Crippen LogP contribution in [0.4, 0.5) is 0 Å². The molecule has 0 aromatic rings. The number of hydrogen-bond acceptors (Lipinski definition) is 8. The molecule has 0 aromatic heterocycles. The smallest absolute Gasteiger partial charge is 0.306 e. The third kappa shape index (κ3) is 55.3. The van der Waals surface area contributed by atoms with Gasteiger partial charge in [0.2, 0.25) is 0 Å². The van der Waals surface area contributed by atoms with Crippen LogP contribution in [-0.4, -0.2) is 70.0 Å². The number of rotatable bonds is 54. The SMILES string of the molecule is CCCCCCCCCCCCCCCC/C=C\CC/C=C\CCCC(=O)OC[C@H](COP(=O)([O-])OCC[N+](C)(C)C)OC(=O)CCC/C=C\CC/C=C\CCCCCCCCCCCCCCCC. The largest absolute Gasteiger partial charge is 0.756 e. The molecule has 0 heterocycles. The molecule has 0 bridgehead atoms. The van der Waals surface area contributed by atoms with Gasteiger partial charge in [0, 0.05) is 12.8 Å². The van der Waals surface area contributed by atoms with Gasteiger partial charge in [-0.1, -0.05) is 229 Å². The summed E-state index contributed by atoms with van der Waals surface area (Å²) in [6.07, 6.45) is 64.7. The number of hydrogen-bond donors (Lipinski definition) is 0. The fourth-order valence-electron chi connectivity index (χ4n) is 8.23. The zero-order valence-corrected chi connectivity index (χ0v) is 47.4. The Morgan fingerprint density at radius 1 is 0.429 bits per heavy atom. The summed E-state index contributed by atoms with van der Waals surface area (Å²) in [6, 6.07) is 0. The first-order valence-corrected chi connectivity index (χ1v) is 30.8. The lowest BCUT2D eigenvalue weighted by Gasteiger charge is -2.28. The number of allylic oxidation sites excluding steroid dienone is 8. The first-order valence-electron chi connectivity index (χ1n) is 29.3. The molecule has 1 unspecified atom stereocenters. The molecule has 0 amide bonds. The van der Waals surface area contributed by atoms with E-state index in [9.17, 15) is 19.0 Å². The molecule has 0 aliphatic carbocycles. The van der Waals surface area contributed by atoms with Gasteiger partial charge in [0.25, 0.3) is 7.82 Å². The molecule has 0 N–H and O–H groups in total. The summed E-state index contributed by atoms with van der Waals surface area (Å²) < 4.78 is 34.0. The Morgan fingerprint density at radius 3 is 1.10 bits per heavy atom. The van der Waals surface area contributed by atoms with Gasteiger partial charge in [-0.3, -0.25) is 14.2 Å². The van der Waals surface area contributed by atoms with Crippen molar-refractivity contribution in [3.63, 3.8) is 0 Å². The highest BCUT2D eigenvalue weighted by Crippen LogP contribution is 2.38. The molecule has 0 rings (SSSR count). The zero-order chi connectivity index (χ0) is 51.3. The summed E-state index contributed by atoms with van der Waals surface area (Å²) in [5.74, 6) is -0.925. The topological polar surface area (TPSA) is 111 Å². The molecule has 0 saturated heterocycles. The van der Waals surface area contributed by atoms with E-state index in [1.54, 1.807) is 0 Å². The third-order valence-electron chi connectivity index (χ3n) is 12.8. The molecule has 410 valence electrons. The van der Waals surface area contributed by atoms with Crippen LogP contribution in [0.25, 0.3) is 0 Å². The van der Waals surface area contributed by atoms with Crippen LogP contribution < -0.4 is 4.89 Å². The predicted molar refractivity (Wildman–Crippen MR) is 296 cm³/mol. The second kappa shape index (κ2) is 51.9. The average molecular weight is 1010 g/mol. The Hall–Kier alpha value is -2.03. The van der Waals surface area contributed by atoms with Crippen LogP contribution in [0.5, 0.6) is 0 Å². The first kappa shape index (κ1) is 68.0. The second-order valence-corrected chi connectivity index (χ2v) is 22.4. The number of unbranched alkanes of at least 4 members (excludes halogenated alkanes) is 32. The second-order valence-electron chi connectivity index (χ2n) is 21.0. The minimum absolute atomic E-state index is 0.0439. The van der Waals surface area contributed by atoms with E-state index in [1.165, 1.54) is 180 Å². The first-order chi connectivity index (χ1) is 34.0. The summed E-state index contributed by atoms with van der Waals surface area (Å²) in [4.78, 5) is 37.8. The standard InChI is InChI=1S/C60H112NO8P/c1-6-8-10-12-14-16-18-20-22-24-26-28-30-32-34-36-38-40-42-44-46-48-50-52-59(62)66-56-58(57-68-70(64,65)67-55-54-61(3,4)5)69-60(63)53-51-49-47-45-43-41-39-37-35-33-31-29-27-25-23-21-19-17-15-13-11-9-7-2/h36-39,44-47,58H,6-35,40-43,48-57H2,1-5H3/b38-36-,39-37-,46-44-,47-45-/t58-/m1/s1. The number of esters is 2. The van der Waals surface area contributed by atoms with Crippen molar-refractivity contribution in [3.05, 3.63) is 48.6 Å². The van der Waals surface area contributed by atoms with E-state index in [2.05, 4.69) is 62.5 Å². The maximum absolute atomic E-state index is 12.8. The van der Waals surface area contributed by atoms with Gasteiger partial charge in [0.15, 0.2) is 6.10 Å². The Bertz CT molecular complexity index is 1320. The molecule has 0 fully saturated rings. The number of carbonyl (C=O) groups is 2. The predicted octanol–water partition coefficient (Wildman–Crippen LogP) is 17.5. The molecule has 0 aromatic carbocycles. The van der Waals surface area contributed by atoms with Crippen LogP contribution in [0.3, 0.4) is 0 Å². The maximum Gasteiger partial charge on any atom is 0.306 e. The number of nitrogens with zero attached hydrogens (tertiary/aromatic N) is 1. The lowest BCUT2D eigenvalue weighted by Crippen LogP contribution is -2.37. The van der Waals surface area contributed by atoms with Crippen LogP contribution in [0.15, 0.2) is 48.6 Å². The normalized spacial score (nSPS) is 13.6. The van der Waals surface area contributed by atoms with Gasteiger partial charge in [-0.05, 0) is 77.0 Å². The van der Waals surface area contributed by atoms with E-state index in [-0.39, 0.29) is 26.1 Å². The van der Waals surface area contributed by atoms with E-state index < -0.39 is 32.5 Å². The summed E-state index contributed by atoms with van der Waals surface area (Å²) in [7, 11) is 1.13. The minimum atomic E-state index is -4.65. The van der Waals surface area contributed by atoms with Crippen LogP contribution in [0.1, 0.15) is 271 Å². The molecule has 2 atom stereocenters. The highest BCUT2D eigenvalue weighted by Gasteiger charge is 2.21. The number of likely N-dealkylation sites (N-methyl/N-ethyl adjacent to an activating group) is 1. The van der Waals surface area contributed by atoms with Crippen molar-refractivity contribution < 1.29 is 42.1 Å². The van der Waals surface area contributed by atoms with Crippen molar-refractivity contribution in [2.45, 2.75) is 277 Å². The minimum Gasteiger partial charge on any atom is -0.756 e. The van der Waals surface area contributed by atoms with Crippen molar-refractivity contribution in [3.8, 4) is 0 Å². The average Bonchev–Trinajstić information content (AvgIpc) is 3.32. The number of carbonyl (C=O) groups excluding carboxylic acids is 2. The maximum atomic E-state index is 12.8. The van der Waals surface area contributed by atoms with Crippen molar-refractivity contribution in [2.75, 3.05) is 47.5 Å². The van der Waals surface area contributed by atoms with E-state index >= 15 is 0 Å². The van der Waals surface area contributed by atoms with Gasteiger partial charge in [0.1, 0.15) is 19.8 Å². The highest BCUT2D eigenvalue weighted by molar-refractivity contribution is 7.45. The molecule has 70 heavy (non-hydrogen) atoms. The summed E-state index contributed by atoms with van der Waals surface area (Å²) in [5, 5.41) is 0. The number of ether oxygens (including phenoxy) is 2. The highest BCUT2D eigenvalue weighted by atomic mass is 31.2. The van der Waals surface area contributed by atoms with Crippen LogP contribution in [-0.2, 0) is 32.7 Å². The van der Waals surface area contributed by atoms with E-state index in [4.69, 9.17) is 18.5 Å². The van der Waals surface area contributed by atoms with Crippen molar-refractivity contribution >= 4 is 19.8 Å². The Kier molecular flexibility index (Phi) is 50.4. The molecule has 10 heteroatoms. The molecular weight excluding hydrogens is 894 g/mol. The quantitative estimate of drug-likeness (QED) is 0.0195. The Labute approximate surface area is 433 Å². The van der Waals surface area contributed by atoms with Crippen molar-refractivity contribution in [2.24, 2.45) is 0 Å². The number of phosphoric ester groups is 1. The molecule has 0 spiro atoms. The Balaban J connectivity index is 4.26.